The van der Waals surface area contributed by atoms with Gasteiger partial charge in [0.05, 0.1) is 23.7 Å². The second-order valence-corrected chi connectivity index (χ2v) is 11.8. The summed E-state index contributed by atoms with van der Waals surface area (Å²) in [6, 6.07) is 8.39. The molecule has 1 aliphatic carbocycles. The number of nitrogens with zero attached hydrogens (tertiary/aromatic N) is 3. The van der Waals surface area contributed by atoms with Crippen molar-refractivity contribution in [3.05, 3.63) is 51.7 Å². The molecule has 10 heteroatoms. The van der Waals surface area contributed by atoms with Gasteiger partial charge >= 0.3 is 5.97 Å². The number of rotatable bonds is 9. The first-order chi connectivity index (χ1) is 16.9. The predicted octanol–water partition coefficient (Wildman–Crippen LogP) is 5.51. The lowest BCUT2D eigenvalue weighted by Crippen LogP contribution is -2.18. The number of carbonyl (C=O) groups is 2. The van der Waals surface area contributed by atoms with Gasteiger partial charge in [-0.2, -0.15) is 0 Å². The minimum absolute atomic E-state index is 0.175. The van der Waals surface area contributed by atoms with E-state index in [1.807, 2.05) is 11.6 Å². The van der Waals surface area contributed by atoms with Crippen LogP contribution in [0.15, 0.2) is 34.3 Å². The summed E-state index contributed by atoms with van der Waals surface area (Å²) in [5.74, 6) is 1.77. The highest BCUT2D eigenvalue weighted by atomic mass is 32.2. The Balaban J connectivity index is 1.38. The van der Waals surface area contributed by atoms with E-state index in [2.05, 4.69) is 53.6 Å². The number of benzene rings is 1. The molecular weight excluding hydrogens is 501 g/mol. The van der Waals surface area contributed by atoms with Crippen LogP contribution in [0, 0.1) is 12.8 Å². The van der Waals surface area contributed by atoms with Crippen molar-refractivity contribution in [1.82, 2.24) is 14.8 Å². The number of thioether (sulfide) groups is 2. The SMILES string of the molecule is CCOC(=O)c1c(NC(=O)CSc2nnc(CSc3ccc(C)cc3)n2C)sc2c1CCC(C)C2. The maximum Gasteiger partial charge on any atom is 0.341 e. The van der Waals surface area contributed by atoms with Crippen LogP contribution >= 0.6 is 34.9 Å². The molecule has 2 aromatic heterocycles. The number of thiophene rings is 1. The molecule has 1 atom stereocenters. The minimum Gasteiger partial charge on any atom is -0.462 e. The molecule has 1 N–H and O–H groups in total. The van der Waals surface area contributed by atoms with Crippen LogP contribution in [-0.2, 0) is 35.2 Å². The van der Waals surface area contributed by atoms with Crippen LogP contribution in [0.3, 0.4) is 0 Å². The van der Waals surface area contributed by atoms with Crippen molar-refractivity contribution in [2.24, 2.45) is 13.0 Å². The van der Waals surface area contributed by atoms with Gasteiger partial charge in [0, 0.05) is 16.8 Å². The maximum atomic E-state index is 12.8. The van der Waals surface area contributed by atoms with Crippen molar-refractivity contribution in [2.75, 3.05) is 17.7 Å². The van der Waals surface area contributed by atoms with Crippen LogP contribution in [0.25, 0.3) is 0 Å². The number of amides is 1. The smallest absolute Gasteiger partial charge is 0.341 e. The summed E-state index contributed by atoms with van der Waals surface area (Å²) in [6.45, 7) is 6.39. The van der Waals surface area contributed by atoms with Crippen LogP contribution in [0.5, 0.6) is 0 Å². The highest BCUT2D eigenvalue weighted by Gasteiger charge is 2.29. The number of aromatic nitrogens is 3. The fourth-order valence-electron chi connectivity index (χ4n) is 3.93. The fourth-order valence-corrected chi connectivity index (χ4v) is 6.95. The Kier molecular flexibility index (Phi) is 8.56. The molecule has 1 aromatic carbocycles. The number of nitrogens with one attached hydrogen (secondary N) is 1. The summed E-state index contributed by atoms with van der Waals surface area (Å²) < 4.78 is 7.22. The molecule has 3 aromatic rings. The zero-order chi connectivity index (χ0) is 24.9. The summed E-state index contributed by atoms with van der Waals surface area (Å²) >= 11 is 4.54. The van der Waals surface area contributed by atoms with Crippen LogP contribution in [0.4, 0.5) is 5.00 Å². The van der Waals surface area contributed by atoms with Crippen molar-refractivity contribution < 1.29 is 14.3 Å². The van der Waals surface area contributed by atoms with E-state index in [1.165, 1.54) is 38.4 Å². The van der Waals surface area contributed by atoms with Crippen molar-refractivity contribution in [3.8, 4) is 0 Å². The molecule has 4 rings (SSSR count). The van der Waals surface area contributed by atoms with Gasteiger partial charge in [-0.15, -0.1) is 33.3 Å². The zero-order valence-corrected chi connectivity index (χ0v) is 22.9. The standard InChI is InChI=1S/C25H30N4O3S3/c1-5-32-24(31)22-18-11-8-16(3)12-19(18)35-23(22)26-21(30)14-34-25-28-27-20(29(25)4)13-33-17-9-6-15(2)7-10-17/h6-7,9-10,16H,5,8,11-14H2,1-4H3,(H,26,30). The number of carbonyl (C=O) groups excluding carboxylic acids is 2. The average Bonchev–Trinajstić information content (AvgIpc) is 3.36. The molecule has 0 saturated heterocycles. The third kappa shape index (κ3) is 6.29. The Labute approximate surface area is 218 Å². The Morgan fingerprint density at radius 3 is 2.74 bits per heavy atom. The van der Waals surface area contributed by atoms with Gasteiger partial charge in [-0.05, 0) is 56.7 Å². The van der Waals surface area contributed by atoms with Crippen LogP contribution in [0.1, 0.15) is 52.5 Å². The summed E-state index contributed by atoms with van der Waals surface area (Å²) in [6.07, 6.45) is 2.81. The second kappa shape index (κ2) is 11.6. The molecule has 1 aliphatic rings. The molecule has 1 unspecified atom stereocenters. The number of anilines is 1. The summed E-state index contributed by atoms with van der Waals surface area (Å²) in [4.78, 5) is 27.8. The number of ether oxygens (including phenoxy) is 1. The van der Waals surface area contributed by atoms with Crippen LogP contribution in [0.2, 0.25) is 0 Å². The molecule has 186 valence electrons. The first-order valence-electron chi connectivity index (χ1n) is 11.7. The molecule has 2 heterocycles. The Hall–Kier alpha value is -2.30. The predicted molar refractivity (Wildman–Crippen MR) is 143 cm³/mol. The van der Waals surface area contributed by atoms with E-state index < -0.39 is 0 Å². The van der Waals surface area contributed by atoms with Gasteiger partial charge in [-0.3, -0.25) is 4.79 Å². The molecule has 0 fully saturated rings. The number of hydrogen-bond acceptors (Lipinski definition) is 8. The van der Waals surface area contributed by atoms with Crippen molar-refractivity contribution in [2.45, 2.75) is 55.8 Å². The van der Waals surface area contributed by atoms with Gasteiger partial charge in [0.1, 0.15) is 10.8 Å². The average molecular weight is 531 g/mol. The monoisotopic (exact) mass is 530 g/mol. The normalized spacial score (nSPS) is 15.0. The first-order valence-corrected chi connectivity index (χ1v) is 14.5. The van der Waals surface area contributed by atoms with Gasteiger partial charge in [0.2, 0.25) is 5.91 Å². The number of aryl methyl sites for hydroxylation is 1. The topological polar surface area (TPSA) is 86.1 Å². The highest BCUT2D eigenvalue weighted by Crippen LogP contribution is 2.40. The van der Waals surface area contributed by atoms with E-state index in [9.17, 15) is 9.59 Å². The fraction of sp³-hybridized carbons (Fsp3) is 0.440. The lowest BCUT2D eigenvalue weighted by atomic mass is 9.88. The molecule has 0 saturated carbocycles. The maximum absolute atomic E-state index is 12.8. The molecule has 1 amide bonds. The van der Waals surface area contributed by atoms with Crippen molar-refractivity contribution in [1.29, 1.82) is 0 Å². The van der Waals surface area contributed by atoms with Crippen molar-refractivity contribution in [3.63, 3.8) is 0 Å². The molecular formula is C25H30N4O3S3. The highest BCUT2D eigenvalue weighted by molar-refractivity contribution is 7.99. The van der Waals surface area contributed by atoms with Crippen molar-refractivity contribution >= 4 is 51.7 Å². The van der Waals surface area contributed by atoms with E-state index in [4.69, 9.17) is 4.74 Å². The Bertz CT molecular complexity index is 1200. The largest absolute Gasteiger partial charge is 0.462 e. The minimum atomic E-state index is -0.355. The number of hydrogen-bond donors (Lipinski definition) is 1. The summed E-state index contributed by atoms with van der Waals surface area (Å²) in [5.41, 5.74) is 2.81. The van der Waals surface area contributed by atoms with E-state index >= 15 is 0 Å². The van der Waals surface area contributed by atoms with Gasteiger partial charge in [-0.25, -0.2) is 4.79 Å². The van der Waals surface area contributed by atoms with Gasteiger partial charge in [-0.1, -0.05) is 36.4 Å². The van der Waals surface area contributed by atoms with Crippen LogP contribution in [-0.4, -0.2) is 39.0 Å². The second-order valence-electron chi connectivity index (χ2n) is 8.67. The third-order valence-corrected chi connectivity index (χ3v) is 9.09. The molecule has 0 bridgehead atoms. The molecule has 35 heavy (non-hydrogen) atoms. The molecule has 7 nitrogen and oxygen atoms in total. The lowest BCUT2D eigenvalue weighted by molar-refractivity contribution is -0.113. The lowest BCUT2D eigenvalue weighted by Gasteiger charge is -2.18. The Morgan fingerprint density at radius 2 is 2.00 bits per heavy atom. The molecule has 0 spiro atoms. The summed E-state index contributed by atoms with van der Waals surface area (Å²) in [5, 5.41) is 12.8. The van der Waals surface area contributed by atoms with E-state index in [1.54, 1.807) is 18.7 Å². The first kappa shape index (κ1) is 25.8. The molecule has 0 aliphatic heterocycles. The van der Waals surface area contributed by atoms with Crippen LogP contribution < -0.4 is 5.32 Å². The Morgan fingerprint density at radius 1 is 1.23 bits per heavy atom. The van der Waals surface area contributed by atoms with Gasteiger partial charge < -0.3 is 14.6 Å². The van der Waals surface area contributed by atoms with Gasteiger partial charge in [0.25, 0.3) is 0 Å². The number of fused-ring (bicyclic) bond motifs is 1. The van der Waals surface area contributed by atoms with E-state index in [-0.39, 0.29) is 17.6 Å². The third-order valence-electron chi connectivity index (χ3n) is 5.89. The van der Waals surface area contributed by atoms with E-state index in [0.717, 1.165) is 30.7 Å². The van der Waals surface area contributed by atoms with Gasteiger partial charge in [0.15, 0.2) is 5.16 Å². The number of esters is 1. The van der Waals surface area contributed by atoms with E-state index in [0.29, 0.717) is 34.0 Å². The summed E-state index contributed by atoms with van der Waals surface area (Å²) in [7, 11) is 1.92. The quantitative estimate of drug-likeness (QED) is 0.288. The zero-order valence-electron chi connectivity index (χ0n) is 20.4. The molecule has 0 radical (unpaired) electrons.